The van der Waals surface area contributed by atoms with Crippen LogP contribution < -0.4 is 5.56 Å². The van der Waals surface area contributed by atoms with E-state index in [2.05, 4.69) is 11.7 Å². The lowest BCUT2D eigenvalue weighted by Gasteiger charge is -2.21. The number of hydrogen-bond acceptors (Lipinski definition) is 4. The molecule has 3 aromatic carbocycles. The van der Waals surface area contributed by atoms with Crippen LogP contribution in [0.5, 0.6) is 5.75 Å². The predicted octanol–water partition coefficient (Wildman–Crippen LogP) is 5.80. The highest BCUT2D eigenvalue weighted by molar-refractivity contribution is 6.07. The van der Waals surface area contributed by atoms with Crippen LogP contribution in [0.25, 0.3) is 28.1 Å². The molecule has 4 rings (SSSR count). The zero-order chi connectivity index (χ0) is 23.2. The molecule has 33 heavy (non-hydrogen) atoms. The Labute approximate surface area is 192 Å². The van der Waals surface area contributed by atoms with Gasteiger partial charge >= 0.3 is 0 Å². The van der Waals surface area contributed by atoms with E-state index in [9.17, 15) is 9.90 Å². The highest BCUT2D eigenvalue weighted by Gasteiger charge is 2.26. The Balaban J connectivity index is 2.17. The van der Waals surface area contributed by atoms with Crippen molar-refractivity contribution in [3.05, 3.63) is 120 Å². The minimum Gasteiger partial charge on any atom is -0.506 e. The Morgan fingerprint density at radius 1 is 0.939 bits per heavy atom. The summed E-state index contributed by atoms with van der Waals surface area (Å²) < 4.78 is 1.62. The molecule has 0 atom stereocenters. The zero-order valence-corrected chi connectivity index (χ0v) is 18.3. The fourth-order valence-electron chi connectivity index (χ4n) is 3.80. The minimum absolute atomic E-state index is 0.138. The van der Waals surface area contributed by atoms with Gasteiger partial charge in [0.1, 0.15) is 12.4 Å². The van der Waals surface area contributed by atoms with E-state index in [1.807, 2.05) is 78.9 Å². The molecule has 5 nitrogen and oxygen atoms in total. The van der Waals surface area contributed by atoms with E-state index < -0.39 is 0 Å². The van der Waals surface area contributed by atoms with Gasteiger partial charge in [-0.15, -0.1) is 0 Å². The molecule has 1 aromatic heterocycles. The molecule has 0 radical (unpaired) electrons. The third kappa shape index (κ3) is 4.34. The van der Waals surface area contributed by atoms with Crippen LogP contribution in [0.4, 0.5) is 0 Å². The lowest BCUT2D eigenvalue weighted by Crippen LogP contribution is -2.25. The highest BCUT2D eigenvalue weighted by Crippen LogP contribution is 2.37. The molecule has 0 saturated heterocycles. The Bertz CT molecular complexity index is 1340. The first-order chi connectivity index (χ1) is 16.1. The number of benzene rings is 3. The standard InChI is InChI=1S/C28H24N2O3/c1-3-19-33-29-20(2)24-26(22-15-9-5-10-16-22)30(23-17-11-6-12-18-23)28(32)25(27(24)31)21-13-7-4-8-14-21/h3-18,31H,1,19H2,2H3/b29-20+. The van der Waals surface area contributed by atoms with Crippen molar-refractivity contribution in [2.45, 2.75) is 6.92 Å². The van der Waals surface area contributed by atoms with Crippen molar-refractivity contribution in [2.24, 2.45) is 5.16 Å². The first kappa shape index (κ1) is 21.8. The van der Waals surface area contributed by atoms with Crippen molar-refractivity contribution < 1.29 is 9.94 Å². The summed E-state index contributed by atoms with van der Waals surface area (Å²) >= 11 is 0. The molecule has 0 aliphatic heterocycles. The fraction of sp³-hybridized carbons (Fsp3) is 0.0714. The van der Waals surface area contributed by atoms with Gasteiger partial charge in [-0.1, -0.05) is 96.7 Å². The number of nitrogens with zero attached hydrogens (tertiary/aromatic N) is 2. The first-order valence-electron chi connectivity index (χ1n) is 10.6. The van der Waals surface area contributed by atoms with Crippen molar-refractivity contribution in [1.29, 1.82) is 0 Å². The molecule has 1 N–H and O–H groups in total. The van der Waals surface area contributed by atoms with Gasteiger partial charge in [0.25, 0.3) is 5.56 Å². The number of pyridine rings is 1. The molecule has 0 bridgehead atoms. The van der Waals surface area contributed by atoms with Crippen molar-refractivity contribution in [2.75, 3.05) is 6.61 Å². The SMILES string of the molecule is C=CCO/N=C(\C)c1c(O)c(-c2ccccc2)c(=O)n(-c2ccccc2)c1-c1ccccc1. The Morgan fingerprint density at radius 3 is 2.06 bits per heavy atom. The number of aromatic hydroxyl groups is 1. The second-order valence-corrected chi connectivity index (χ2v) is 7.42. The number of para-hydroxylation sites is 1. The first-order valence-corrected chi connectivity index (χ1v) is 10.6. The van der Waals surface area contributed by atoms with Gasteiger partial charge in [-0.3, -0.25) is 9.36 Å². The Hall–Kier alpha value is -4.38. The molecule has 0 amide bonds. The summed E-state index contributed by atoms with van der Waals surface area (Å²) in [6.07, 6.45) is 1.59. The van der Waals surface area contributed by atoms with E-state index in [1.165, 1.54) is 0 Å². The molecule has 4 aromatic rings. The maximum absolute atomic E-state index is 13.9. The van der Waals surface area contributed by atoms with Gasteiger partial charge in [0.2, 0.25) is 0 Å². The largest absolute Gasteiger partial charge is 0.506 e. The Morgan fingerprint density at radius 2 is 1.48 bits per heavy atom. The van der Waals surface area contributed by atoms with Crippen molar-refractivity contribution in [1.82, 2.24) is 4.57 Å². The molecule has 0 spiro atoms. The second-order valence-electron chi connectivity index (χ2n) is 7.42. The summed E-state index contributed by atoms with van der Waals surface area (Å²) in [6.45, 7) is 5.62. The molecule has 0 aliphatic carbocycles. The Kier molecular flexibility index (Phi) is 6.51. The van der Waals surface area contributed by atoms with E-state index in [1.54, 1.807) is 29.7 Å². The maximum Gasteiger partial charge on any atom is 0.267 e. The summed E-state index contributed by atoms with van der Waals surface area (Å²) in [5.74, 6) is -0.138. The second kappa shape index (κ2) is 9.83. The van der Waals surface area contributed by atoms with Gasteiger partial charge in [-0.2, -0.15) is 0 Å². The fourth-order valence-corrected chi connectivity index (χ4v) is 3.80. The van der Waals surface area contributed by atoms with Crippen LogP contribution in [0.15, 0.2) is 114 Å². The van der Waals surface area contributed by atoms with Crippen molar-refractivity contribution in [3.8, 4) is 33.8 Å². The van der Waals surface area contributed by atoms with Gasteiger partial charge in [0, 0.05) is 5.69 Å². The maximum atomic E-state index is 13.9. The third-order valence-corrected chi connectivity index (χ3v) is 5.23. The lowest BCUT2D eigenvalue weighted by atomic mass is 9.95. The number of oxime groups is 1. The van der Waals surface area contributed by atoms with Crippen LogP contribution in [0.1, 0.15) is 12.5 Å². The quantitative estimate of drug-likeness (QED) is 0.172. The third-order valence-electron chi connectivity index (χ3n) is 5.23. The van der Waals surface area contributed by atoms with Gasteiger partial charge in [0.15, 0.2) is 0 Å². The van der Waals surface area contributed by atoms with E-state index in [0.29, 0.717) is 28.2 Å². The van der Waals surface area contributed by atoms with Gasteiger partial charge in [-0.05, 0) is 30.2 Å². The average Bonchev–Trinajstić information content (AvgIpc) is 2.85. The predicted molar refractivity (Wildman–Crippen MR) is 133 cm³/mol. The summed E-state index contributed by atoms with van der Waals surface area (Å²) in [4.78, 5) is 19.3. The average molecular weight is 437 g/mol. The van der Waals surface area contributed by atoms with Crippen molar-refractivity contribution >= 4 is 5.71 Å². The van der Waals surface area contributed by atoms with Crippen LogP contribution in [0.2, 0.25) is 0 Å². The summed E-state index contributed by atoms with van der Waals surface area (Å²) in [7, 11) is 0. The summed E-state index contributed by atoms with van der Waals surface area (Å²) in [6, 6.07) is 28.0. The molecular formula is C28H24N2O3. The van der Waals surface area contributed by atoms with Crippen LogP contribution >= 0.6 is 0 Å². The molecule has 0 aliphatic rings. The minimum atomic E-state index is -0.327. The zero-order valence-electron chi connectivity index (χ0n) is 18.3. The molecule has 5 heteroatoms. The van der Waals surface area contributed by atoms with Crippen molar-refractivity contribution in [3.63, 3.8) is 0 Å². The summed E-state index contributed by atoms with van der Waals surface area (Å²) in [5, 5.41) is 15.7. The highest BCUT2D eigenvalue weighted by atomic mass is 16.6. The van der Waals surface area contributed by atoms with E-state index in [-0.39, 0.29) is 23.5 Å². The number of aromatic nitrogens is 1. The van der Waals surface area contributed by atoms with Crippen LogP contribution in [0, 0.1) is 0 Å². The molecule has 0 saturated carbocycles. The molecule has 164 valence electrons. The van der Waals surface area contributed by atoms with E-state index in [0.717, 1.165) is 5.56 Å². The normalized spacial score (nSPS) is 11.2. The summed E-state index contributed by atoms with van der Waals surface area (Å²) in [5.41, 5.74) is 3.33. The topological polar surface area (TPSA) is 63.8 Å². The van der Waals surface area contributed by atoms with Gasteiger partial charge in [0.05, 0.1) is 22.5 Å². The van der Waals surface area contributed by atoms with E-state index >= 15 is 0 Å². The molecule has 1 heterocycles. The van der Waals surface area contributed by atoms with Crippen LogP contribution in [0.3, 0.4) is 0 Å². The lowest BCUT2D eigenvalue weighted by molar-refractivity contribution is 0.175. The van der Waals surface area contributed by atoms with E-state index in [4.69, 9.17) is 4.84 Å². The number of rotatable bonds is 7. The monoisotopic (exact) mass is 436 g/mol. The smallest absolute Gasteiger partial charge is 0.267 e. The molecule has 0 unspecified atom stereocenters. The van der Waals surface area contributed by atoms with Crippen LogP contribution in [-0.2, 0) is 4.84 Å². The van der Waals surface area contributed by atoms with Crippen LogP contribution in [-0.4, -0.2) is 22.0 Å². The van der Waals surface area contributed by atoms with Gasteiger partial charge < -0.3 is 9.94 Å². The molecule has 0 fully saturated rings. The molecular weight excluding hydrogens is 412 g/mol. The number of hydrogen-bond donors (Lipinski definition) is 1. The van der Waals surface area contributed by atoms with Gasteiger partial charge in [-0.25, -0.2) is 0 Å².